The molecule has 1 aromatic carbocycles. The summed E-state index contributed by atoms with van der Waals surface area (Å²) in [5, 5.41) is 7.37. The third-order valence-corrected chi connectivity index (χ3v) is 3.55. The van der Waals surface area contributed by atoms with Crippen LogP contribution in [0.1, 0.15) is 21.7 Å². The van der Waals surface area contributed by atoms with Crippen LogP contribution in [0.25, 0.3) is 0 Å². The van der Waals surface area contributed by atoms with Crippen LogP contribution >= 0.6 is 11.3 Å². The average Bonchev–Trinajstić information content (AvgIpc) is 2.92. The van der Waals surface area contributed by atoms with Gasteiger partial charge < -0.3 is 10.6 Å². The second-order valence-electron chi connectivity index (χ2n) is 4.40. The van der Waals surface area contributed by atoms with Crippen molar-refractivity contribution in [2.75, 3.05) is 11.9 Å². The Morgan fingerprint density at radius 2 is 2.05 bits per heavy atom. The molecule has 2 N–H and O–H groups in total. The zero-order valence-corrected chi connectivity index (χ0v) is 12.0. The molecule has 104 valence electrons. The van der Waals surface area contributed by atoms with Crippen LogP contribution in [0, 0.1) is 6.92 Å². The normalized spacial score (nSPS) is 10.1. The number of amides is 2. The number of thiophene rings is 1. The van der Waals surface area contributed by atoms with Crippen molar-refractivity contribution in [3.8, 4) is 0 Å². The minimum Gasteiger partial charge on any atom is -0.351 e. The van der Waals surface area contributed by atoms with E-state index in [1.165, 1.54) is 11.3 Å². The zero-order chi connectivity index (χ0) is 14.4. The highest BCUT2D eigenvalue weighted by Crippen LogP contribution is 2.10. The maximum Gasteiger partial charge on any atom is 0.261 e. The highest BCUT2D eigenvalue weighted by Gasteiger charge is 2.07. The van der Waals surface area contributed by atoms with Crippen LogP contribution in [0.2, 0.25) is 0 Å². The monoisotopic (exact) mass is 288 g/mol. The number of hydrogen-bond donors (Lipinski definition) is 2. The van der Waals surface area contributed by atoms with Crippen LogP contribution in [0.15, 0.2) is 41.8 Å². The lowest BCUT2D eigenvalue weighted by Gasteiger charge is -2.06. The number of nitrogens with one attached hydrogen (secondary N) is 2. The Hall–Kier alpha value is -2.14. The molecule has 0 saturated heterocycles. The van der Waals surface area contributed by atoms with Gasteiger partial charge in [0, 0.05) is 18.7 Å². The van der Waals surface area contributed by atoms with Gasteiger partial charge in [0.25, 0.3) is 5.91 Å². The average molecular weight is 288 g/mol. The fourth-order valence-electron chi connectivity index (χ4n) is 1.73. The Kier molecular flexibility index (Phi) is 4.90. The lowest BCUT2D eigenvalue weighted by Crippen LogP contribution is -2.27. The first-order chi connectivity index (χ1) is 9.65. The van der Waals surface area contributed by atoms with E-state index in [0.29, 0.717) is 11.4 Å². The molecule has 0 aliphatic rings. The number of hydrogen-bond acceptors (Lipinski definition) is 3. The van der Waals surface area contributed by atoms with E-state index < -0.39 is 0 Å². The highest BCUT2D eigenvalue weighted by atomic mass is 32.1. The van der Waals surface area contributed by atoms with E-state index >= 15 is 0 Å². The van der Waals surface area contributed by atoms with Gasteiger partial charge in [-0.3, -0.25) is 9.59 Å². The van der Waals surface area contributed by atoms with Gasteiger partial charge in [-0.2, -0.15) is 0 Å². The summed E-state index contributed by atoms with van der Waals surface area (Å²) >= 11 is 1.38. The predicted molar refractivity (Wildman–Crippen MR) is 81.1 cm³/mol. The first-order valence-electron chi connectivity index (χ1n) is 6.33. The van der Waals surface area contributed by atoms with Crippen molar-refractivity contribution in [3.63, 3.8) is 0 Å². The van der Waals surface area contributed by atoms with E-state index in [1.807, 2.05) is 42.6 Å². The van der Waals surface area contributed by atoms with Gasteiger partial charge in [0.1, 0.15) is 0 Å². The van der Waals surface area contributed by atoms with E-state index in [0.717, 1.165) is 11.3 Å². The van der Waals surface area contributed by atoms with Gasteiger partial charge in [-0.15, -0.1) is 11.3 Å². The molecule has 5 heteroatoms. The SMILES string of the molecule is Cc1cccc(NC(=O)CCNC(=O)c2cccs2)c1. The lowest BCUT2D eigenvalue weighted by molar-refractivity contribution is -0.116. The molecule has 0 unspecified atom stereocenters. The summed E-state index contributed by atoms with van der Waals surface area (Å²) in [6.07, 6.45) is 0.255. The number of benzene rings is 1. The third-order valence-electron chi connectivity index (χ3n) is 2.68. The molecular formula is C15H16N2O2S. The number of rotatable bonds is 5. The lowest BCUT2D eigenvalue weighted by atomic mass is 10.2. The molecule has 0 aliphatic carbocycles. The molecule has 1 heterocycles. The fourth-order valence-corrected chi connectivity index (χ4v) is 2.37. The summed E-state index contributed by atoms with van der Waals surface area (Å²) in [4.78, 5) is 24.0. The molecule has 0 spiro atoms. The van der Waals surface area contributed by atoms with Crippen LogP contribution in [0.3, 0.4) is 0 Å². The largest absolute Gasteiger partial charge is 0.351 e. The summed E-state index contributed by atoms with van der Waals surface area (Å²) in [6.45, 7) is 2.30. The van der Waals surface area contributed by atoms with Gasteiger partial charge in [0.2, 0.25) is 5.91 Å². The molecule has 0 saturated carbocycles. The van der Waals surface area contributed by atoms with E-state index in [2.05, 4.69) is 10.6 Å². The van der Waals surface area contributed by atoms with Gasteiger partial charge in [0.15, 0.2) is 0 Å². The van der Waals surface area contributed by atoms with Crippen molar-refractivity contribution in [1.82, 2.24) is 5.32 Å². The summed E-state index contributed by atoms with van der Waals surface area (Å²) in [5.41, 5.74) is 1.87. The van der Waals surface area contributed by atoms with Crippen LogP contribution < -0.4 is 10.6 Å². The Bertz CT molecular complexity index is 594. The van der Waals surface area contributed by atoms with Gasteiger partial charge >= 0.3 is 0 Å². The highest BCUT2D eigenvalue weighted by molar-refractivity contribution is 7.12. The fraction of sp³-hybridized carbons (Fsp3) is 0.200. The maximum absolute atomic E-state index is 11.7. The molecule has 0 bridgehead atoms. The molecule has 1 aromatic heterocycles. The Morgan fingerprint density at radius 3 is 2.75 bits per heavy atom. The number of carbonyl (C=O) groups excluding carboxylic acids is 2. The quantitative estimate of drug-likeness (QED) is 0.889. The predicted octanol–water partition coefficient (Wildman–Crippen LogP) is 2.82. The van der Waals surface area contributed by atoms with E-state index in [4.69, 9.17) is 0 Å². The van der Waals surface area contributed by atoms with Crippen LogP contribution in [-0.4, -0.2) is 18.4 Å². The van der Waals surface area contributed by atoms with Crippen molar-refractivity contribution in [2.24, 2.45) is 0 Å². The maximum atomic E-state index is 11.7. The van der Waals surface area contributed by atoms with Crippen molar-refractivity contribution >= 4 is 28.8 Å². The Balaban J connectivity index is 1.74. The van der Waals surface area contributed by atoms with Gasteiger partial charge in [0.05, 0.1) is 4.88 Å². The zero-order valence-electron chi connectivity index (χ0n) is 11.2. The van der Waals surface area contributed by atoms with Crippen LogP contribution in [-0.2, 0) is 4.79 Å². The van der Waals surface area contributed by atoms with Crippen molar-refractivity contribution in [1.29, 1.82) is 0 Å². The van der Waals surface area contributed by atoms with E-state index in [1.54, 1.807) is 6.07 Å². The summed E-state index contributed by atoms with van der Waals surface area (Å²) < 4.78 is 0. The molecule has 2 aromatic rings. The summed E-state index contributed by atoms with van der Waals surface area (Å²) in [6, 6.07) is 11.2. The molecule has 0 atom stereocenters. The summed E-state index contributed by atoms with van der Waals surface area (Å²) in [5.74, 6) is -0.245. The van der Waals surface area contributed by atoms with Crippen LogP contribution in [0.5, 0.6) is 0 Å². The molecule has 0 aliphatic heterocycles. The molecular weight excluding hydrogens is 272 g/mol. The molecule has 0 fully saturated rings. The van der Waals surface area contributed by atoms with E-state index in [9.17, 15) is 9.59 Å². The third kappa shape index (κ3) is 4.20. The minimum absolute atomic E-state index is 0.109. The van der Waals surface area contributed by atoms with E-state index in [-0.39, 0.29) is 18.2 Å². The molecule has 2 amide bonds. The first kappa shape index (κ1) is 14.3. The molecule has 0 radical (unpaired) electrons. The molecule has 2 rings (SSSR count). The Labute approximate surface area is 121 Å². The molecule has 20 heavy (non-hydrogen) atoms. The number of aryl methyl sites for hydroxylation is 1. The van der Waals surface area contributed by atoms with Crippen molar-refractivity contribution in [3.05, 3.63) is 52.2 Å². The second-order valence-corrected chi connectivity index (χ2v) is 5.35. The minimum atomic E-state index is -0.136. The summed E-state index contributed by atoms with van der Waals surface area (Å²) in [7, 11) is 0. The number of carbonyl (C=O) groups is 2. The molecule has 4 nitrogen and oxygen atoms in total. The smallest absolute Gasteiger partial charge is 0.261 e. The first-order valence-corrected chi connectivity index (χ1v) is 7.21. The van der Waals surface area contributed by atoms with Crippen molar-refractivity contribution in [2.45, 2.75) is 13.3 Å². The van der Waals surface area contributed by atoms with Crippen LogP contribution in [0.4, 0.5) is 5.69 Å². The Morgan fingerprint density at radius 1 is 1.20 bits per heavy atom. The standard InChI is InChI=1S/C15H16N2O2S/c1-11-4-2-5-12(10-11)17-14(18)7-8-16-15(19)13-6-3-9-20-13/h2-6,9-10H,7-8H2,1H3,(H,16,19)(H,17,18). The number of anilines is 1. The second kappa shape index (κ2) is 6.86. The van der Waals surface area contributed by atoms with Gasteiger partial charge in [-0.05, 0) is 36.1 Å². The van der Waals surface area contributed by atoms with Gasteiger partial charge in [-0.25, -0.2) is 0 Å². The van der Waals surface area contributed by atoms with Crippen molar-refractivity contribution < 1.29 is 9.59 Å². The van der Waals surface area contributed by atoms with Gasteiger partial charge in [-0.1, -0.05) is 18.2 Å². The topological polar surface area (TPSA) is 58.2 Å².